The molecule has 0 nitrogen and oxygen atoms in total. The molecule has 0 saturated carbocycles. The molecule has 1 rings (SSSR count). The van der Waals surface area contributed by atoms with Crippen LogP contribution in [0.1, 0.15) is 71.1 Å². The second-order valence-corrected chi connectivity index (χ2v) is 7.75. The smallest absolute Gasteiger partial charge is 0.00727 e. The highest BCUT2D eigenvalue weighted by molar-refractivity contribution is 7.99. The lowest BCUT2D eigenvalue weighted by atomic mass is 10.1. The molecule has 21 heavy (non-hydrogen) atoms. The molecule has 0 atom stereocenters. The Morgan fingerprint density at radius 3 is 1.67 bits per heavy atom. The van der Waals surface area contributed by atoms with Gasteiger partial charge in [-0.15, -0.1) is 23.5 Å². The third-order valence-corrected chi connectivity index (χ3v) is 5.67. The fourth-order valence-corrected chi connectivity index (χ4v) is 3.77. The van der Waals surface area contributed by atoms with Crippen LogP contribution >= 0.6 is 23.5 Å². The van der Waals surface area contributed by atoms with Crippen LogP contribution in [0, 0.1) is 0 Å². The normalized spacial score (nSPS) is 11.0. The van der Waals surface area contributed by atoms with Gasteiger partial charge in [0.1, 0.15) is 0 Å². The first-order chi connectivity index (χ1) is 10.4. The lowest BCUT2D eigenvalue weighted by Crippen LogP contribution is -1.84. The van der Waals surface area contributed by atoms with Gasteiger partial charge in [-0.25, -0.2) is 0 Å². The highest BCUT2D eigenvalue weighted by atomic mass is 32.2. The van der Waals surface area contributed by atoms with Crippen LogP contribution in [-0.4, -0.2) is 12.0 Å². The van der Waals surface area contributed by atoms with E-state index in [1.54, 1.807) is 0 Å². The third kappa shape index (κ3) is 10.3. The topological polar surface area (TPSA) is 0 Å². The van der Waals surface area contributed by atoms with Gasteiger partial charge in [-0.3, -0.25) is 0 Å². The number of benzene rings is 1. The van der Waals surface area contributed by atoms with E-state index in [9.17, 15) is 0 Å². The van der Waals surface area contributed by atoms with Crippen LogP contribution in [0.15, 0.2) is 34.1 Å². The molecule has 0 unspecified atom stereocenters. The molecule has 0 aromatic heterocycles. The molecule has 0 N–H and O–H groups in total. The minimum Gasteiger partial charge on any atom is -0.130 e. The van der Waals surface area contributed by atoms with Crippen molar-refractivity contribution in [3.63, 3.8) is 0 Å². The van der Waals surface area contributed by atoms with Crippen molar-refractivity contribution in [2.75, 3.05) is 12.0 Å². The minimum absolute atomic E-state index is 1.27. The van der Waals surface area contributed by atoms with E-state index in [0.717, 1.165) is 0 Å². The summed E-state index contributed by atoms with van der Waals surface area (Å²) in [6.45, 7) is 2.29. The summed E-state index contributed by atoms with van der Waals surface area (Å²) in [4.78, 5) is 2.78. The first-order valence-corrected chi connectivity index (χ1v) is 10.8. The van der Waals surface area contributed by atoms with E-state index in [0.29, 0.717) is 0 Å². The number of rotatable bonds is 13. The summed E-state index contributed by atoms with van der Waals surface area (Å²) in [7, 11) is 0. The van der Waals surface area contributed by atoms with Crippen molar-refractivity contribution < 1.29 is 0 Å². The van der Waals surface area contributed by atoms with Crippen LogP contribution in [0.25, 0.3) is 0 Å². The highest BCUT2D eigenvalue weighted by Gasteiger charge is 1.96. The summed E-state index contributed by atoms with van der Waals surface area (Å²) >= 11 is 3.82. The third-order valence-electron chi connectivity index (χ3n) is 3.83. The Kier molecular flexibility index (Phi) is 12.3. The molecular weight excluding hydrogens is 292 g/mol. The average molecular weight is 325 g/mol. The van der Waals surface area contributed by atoms with Gasteiger partial charge in [0.25, 0.3) is 0 Å². The summed E-state index contributed by atoms with van der Waals surface area (Å²) in [5.74, 6) is 1.27. The van der Waals surface area contributed by atoms with E-state index in [1.165, 1.54) is 79.8 Å². The first-order valence-electron chi connectivity index (χ1n) is 8.63. The molecule has 0 fully saturated rings. The van der Waals surface area contributed by atoms with Crippen LogP contribution < -0.4 is 0 Å². The molecule has 0 radical (unpaired) electrons. The molecular formula is C19H32S2. The van der Waals surface area contributed by atoms with Gasteiger partial charge in [-0.05, 0) is 42.7 Å². The van der Waals surface area contributed by atoms with E-state index in [1.807, 2.05) is 23.5 Å². The molecule has 0 saturated heterocycles. The van der Waals surface area contributed by atoms with Gasteiger partial charge in [0.2, 0.25) is 0 Å². The maximum absolute atomic E-state index is 2.29. The predicted molar refractivity (Wildman–Crippen MR) is 101 cm³/mol. The lowest BCUT2D eigenvalue weighted by molar-refractivity contribution is 0.563. The number of hydrogen-bond donors (Lipinski definition) is 0. The summed E-state index contributed by atoms with van der Waals surface area (Å²) in [5, 5.41) is 0. The van der Waals surface area contributed by atoms with Crippen molar-refractivity contribution in [1.82, 2.24) is 0 Å². The van der Waals surface area contributed by atoms with Gasteiger partial charge >= 0.3 is 0 Å². The second-order valence-electron chi connectivity index (χ2n) is 5.71. The molecule has 0 bridgehead atoms. The van der Waals surface area contributed by atoms with E-state index < -0.39 is 0 Å². The molecule has 2 heteroatoms. The Morgan fingerprint density at radius 2 is 1.14 bits per heavy atom. The first kappa shape index (κ1) is 19.0. The minimum atomic E-state index is 1.27. The molecule has 120 valence electrons. The number of hydrogen-bond acceptors (Lipinski definition) is 2. The Balaban J connectivity index is 1.88. The van der Waals surface area contributed by atoms with Gasteiger partial charge in [-0.2, -0.15) is 0 Å². The van der Waals surface area contributed by atoms with Crippen LogP contribution in [0.3, 0.4) is 0 Å². The van der Waals surface area contributed by atoms with E-state index in [-0.39, 0.29) is 0 Å². The van der Waals surface area contributed by atoms with Crippen molar-refractivity contribution in [2.24, 2.45) is 0 Å². The highest BCUT2D eigenvalue weighted by Crippen LogP contribution is 2.23. The van der Waals surface area contributed by atoms with Gasteiger partial charge < -0.3 is 0 Å². The Bertz CT molecular complexity index is 332. The van der Waals surface area contributed by atoms with Crippen LogP contribution in [0.2, 0.25) is 0 Å². The van der Waals surface area contributed by atoms with Crippen molar-refractivity contribution in [3.8, 4) is 0 Å². The fraction of sp³-hybridized carbons (Fsp3) is 0.684. The zero-order valence-corrected chi connectivity index (χ0v) is 15.5. The maximum Gasteiger partial charge on any atom is 0.00727 e. The summed E-state index contributed by atoms with van der Waals surface area (Å²) in [6, 6.07) is 8.97. The van der Waals surface area contributed by atoms with E-state index in [4.69, 9.17) is 0 Å². The van der Waals surface area contributed by atoms with Crippen molar-refractivity contribution in [2.45, 2.75) is 80.9 Å². The van der Waals surface area contributed by atoms with Crippen molar-refractivity contribution in [1.29, 1.82) is 0 Å². The molecule has 0 aliphatic heterocycles. The molecule has 0 heterocycles. The molecule has 0 amide bonds. The largest absolute Gasteiger partial charge is 0.130 e. The van der Waals surface area contributed by atoms with E-state index in [2.05, 4.69) is 37.4 Å². The predicted octanol–water partition coefficient (Wildman–Crippen LogP) is 7.42. The van der Waals surface area contributed by atoms with Crippen LogP contribution in [-0.2, 0) is 0 Å². The molecule has 0 aliphatic rings. The summed E-state index contributed by atoms with van der Waals surface area (Å²) < 4.78 is 0. The van der Waals surface area contributed by atoms with Gasteiger partial charge in [0.05, 0.1) is 0 Å². The quantitative estimate of drug-likeness (QED) is 0.273. The van der Waals surface area contributed by atoms with Crippen molar-refractivity contribution >= 4 is 23.5 Å². The average Bonchev–Trinajstić information content (AvgIpc) is 2.53. The second kappa shape index (κ2) is 13.6. The van der Waals surface area contributed by atoms with Gasteiger partial charge in [-0.1, -0.05) is 64.7 Å². The van der Waals surface area contributed by atoms with Crippen LogP contribution in [0.5, 0.6) is 0 Å². The standard InChI is InChI=1S/C19H32S2/c1-3-4-5-6-7-8-9-10-11-12-17-21-19-15-13-18(20-2)14-16-19/h13-16H,3-12,17H2,1-2H3. The SMILES string of the molecule is CCCCCCCCCCCCSc1ccc(SC)cc1. The molecule has 1 aromatic carbocycles. The Labute approximate surface area is 140 Å². The number of thioether (sulfide) groups is 2. The number of unbranched alkanes of at least 4 members (excludes halogenated alkanes) is 9. The summed E-state index contributed by atoms with van der Waals surface area (Å²) in [5.41, 5.74) is 0. The lowest BCUT2D eigenvalue weighted by Gasteiger charge is -2.04. The monoisotopic (exact) mass is 324 g/mol. The van der Waals surface area contributed by atoms with Gasteiger partial charge in [0, 0.05) is 9.79 Å². The summed E-state index contributed by atoms with van der Waals surface area (Å²) in [6.07, 6.45) is 16.4. The van der Waals surface area contributed by atoms with Crippen LogP contribution in [0.4, 0.5) is 0 Å². The zero-order chi connectivity index (χ0) is 15.2. The fourth-order valence-electron chi connectivity index (χ4n) is 2.45. The Hall–Kier alpha value is -0.0800. The molecule has 0 aliphatic carbocycles. The Morgan fingerprint density at radius 1 is 0.667 bits per heavy atom. The van der Waals surface area contributed by atoms with Crippen molar-refractivity contribution in [3.05, 3.63) is 24.3 Å². The van der Waals surface area contributed by atoms with E-state index >= 15 is 0 Å². The van der Waals surface area contributed by atoms with Gasteiger partial charge in [0.15, 0.2) is 0 Å². The molecule has 0 spiro atoms. The maximum atomic E-state index is 2.29. The molecule has 1 aromatic rings. The zero-order valence-electron chi connectivity index (χ0n) is 13.9.